The summed E-state index contributed by atoms with van der Waals surface area (Å²) in [7, 11) is 0. The van der Waals surface area contributed by atoms with E-state index in [0.29, 0.717) is 0 Å². The van der Waals surface area contributed by atoms with Crippen LogP contribution in [0, 0.1) is 27.7 Å². The van der Waals surface area contributed by atoms with Gasteiger partial charge >= 0.3 is 0 Å². The van der Waals surface area contributed by atoms with Gasteiger partial charge in [0.2, 0.25) is 0 Å². The lowest BCUT2D eigenvalue weighted by molar-refractivity contribution is 0.332. The van der Waals surface area contributed by atoms with E-state index in [0.717, 1.165) is 52.2 Å². The van der Waals surface area contributed by atoms with Gasteiger partial charge < -0.3 is 14.7 Å². The Morgan fingerprint density at radius 2 is 0.988 bits per heavy atom. The molecule has 11 rings (SSSR count). The van der Waals surface area contributed by atoms with E-state index in [1.165, 1.54) is 101 Å². The van der Waals surface area contributed by atoms with Crippen LogP contribution in [-0.4, -0.2) is 6.71 Å². The summed E-state index contributed by atoms with van der Waals surface area (Å²) in [5, 5.41) is 0. The van der Waals surface area contributed by atoms with Gasteiger partial charge in [-0.3, -0.25) is 0 Å². The summed E-state index contributed by atoms with van der Waals surface area (Å²) < 4.78 is 0. The SMILES string of the molecule is C=Cc1ccc(N(c2ccc(C(C)(C)C)cc2)c2ccc3c(c2)N(c2c(C)cccc2C)c2cc(C(C)(C)C)cc4c2B3c2cc3c(cc2N4c2c(C)cc(C(C)(C)C)cc2C)C(C)(C)CCC3(C)C)c(-c2ccccc2)c1C=C. The van der Waals surface area contributed by atoms with Crippen molar-refractivity contribution < 1.29 is 0 Å². The van der Waals surface area contributed by atoms with Crippen molar-refractivity contribution in [2.75, 3.05) is 14.7 Å². The van der Waals surface area contributed by atoms with Crippen molar-refractivity contribution in [3.05, 3.63) is 214 Å². The maximum Gasteiger partial charge on any atom is 0.252 e. The zero-order chi connectivity index (χ0) is 57.3. The predicted molar refractivity (Wildman–Crippen MR) is 351 cm³/mol. The second-order valence-electron chi connectivity index (χ2n) is 28.1. The molecule has 0 spiro atoms. The van der Waals surface area contributed by atoms with Gasteiger partial charge in [0.15, 0.2) is 0 Å². The van der Waals surface area contributed by atoms with Crippen molar-refractivity contribution in [1.82, 2.24) is 0 Å². The van der Waals surface area contributed by atoms with Gasteiger partial charge in [0, 0.05) is 39.7 Å². The Morgan fingerprint density at radius 1 is 0.475 bits per heavy atom. The van der Waals surface area contributed by atoms with E-state index in [4.69, 9.17) is 0 Å². The Kier molecular flexibility index (Phi) is 13.1. The smallest absolute Gasteiger partial charge is 0.252 e. The molecule has 2 heterocycles. The lowest BCUT2D eigenvalue weighted by Crippen LogP contribution is -2.62. The number of hydrogen-bond donors (Lipinski definition) is 0. The molecule has 0 radical (unpaired) electrons. The fraction of sp³-hybridized carbons (Fsp3) is 0.316. The van der Waals surface area contributed by atoms with Crippen molar-refractivity contribution in [3.8, 4) is 11.1 Å². The molecule has 0 saturated heterocycles. The molecule has 80 heavy (non-hydrogen) atoms. The van der Waals surface area contributed by atoms with Crippen LogP contribution in [0.5, 0.6) is 0 Å². The first kappa shape index (κ1) is 54.7. The fourth-order valence-electron chi connectivity index (χ4n) is 13.6. The van der Waals surface area contributed by atoms with Gasteiger partial charge in [0.1, 0.15) is 0 Å². The second kappa shape index (κ2) is 19.2. The van der Waals surface area contributed by atoms with Gasteiger partial charge in [0.25, 0.3) is 6.71 Å². The van der Waals surface area contributed by atoms with Crippen molar-refractivity contribution >= 4 is 86.4 Å². The Morgan fingerprint density at radius 3 is 1.52 bits per heavy atom. The summed E-state index contributed by atoms with van der Waals surface area (Å²) in [5.41, 5.74) is 30.9. The van der Waals surface area contributed by atoms with Crippen molar-refractivity contribution in [3.63, 3.8) is 0 Å². The molecule has 2 aliphatic heterocycles. The van der Waals surface area contributed by atoms with Gasteiger partial charge in [-0.15, -0.1) is 0 Å². The van der Waals surface area contributed by atoms with Crippen LogP contribution < -0.4 is 31.1 Å². The number of aryl methyl sites for hydroxylation is 4. The number of anilines is 9. The molecule has 0 amide bonds. The molecule has 1 aliphatic carbocycles. The summed E-state index contributed by atoms with van der Waals surface area (Å²) in [4.78, 5) is 7.88. The lowest BCUT2D eigenvalue weighted by Gasteiger charge is -2.48. The third-order valence-corrected chi connectivity index (χ3v) is 18.4. The van der Waals surface area contributed by atoms with E-state index < -0.39 is 0 Å². The molecule has 3 nitrogen and oxygen atoms in total. The maximum absolute atomic E-state index is 4.44. The summed E-state index contributed by atoms with van der Waals surface area (Å²) >= 11 is 0. The largest absolute Gasteiger partial charge is 0.311 e. The highest BCUT2D eigenvalue weighted by Gasteiger charge is 2.48. The first-order valence-electron chi connectivity index (χ1n) is 29.3. The van der Waals surface area contributed by atoms with E-state index in [1.807, 2.05) is 12.2 Å². The van der Waals surface area contributed by atoms with Crippen LogP contribution in [0.2, 0.25) is 0 Å². The predicted octanol–water partition coefficient (Wildman–Crippen LogP) is 19.7. The number of nitrogens with zero attached hydrogens (tertiary/aromatic N) is 3. The molecule has 406 valence electrons. The summed E-state index contributed by atoms with van der Waals surface area (Å²) in [6.07, 6.45) is 6.25. The van der Waals surface area contributed by atoms with Crippen LogP contribution in [0.3, 0.4) is 0 Å². The number of para-hydroxylation sites is 1. The third kappa shape index (κ3) is 8.97. The highest BCUT2D eigenvalue weighted by atomic mass is 15.2. The van der Waals surface area contributed by atoms with E-state index in [1.54, 1.807) is 0 Å². The molecule has 4 heteroatoms. The average molecular weight is 1050 g/mol. The first-order valence-corrected chi connectivity index (χ1v) is 29.3. The van der Waals surface area contributed by atoms with Crippen LogP contribution in [0.4, 0.5) is 51.2 Å². The minimum Gasteiger partial charge on any atom is -0.311 e. The Labute approximate surface area is 481 Å². The monoisotopic (exact) mass is 1050 g/mol. The van der Waals surface area contributed by atoms with E-state index in [9.17, 15) is 0 Å². The fourth-order valence-corrected chi connectivity index (χ4v) is 13.6. The number of hydrogen-bond acceptors (Lipinski definition) is 3. The molecule has 8 aromatic carbocycles. The molecule has 8 aromatic rings. The molecular formula is C76H84BN3. The normalized spacial score (nSPS) is 15.2. The van der Waals surface area contributed by atoms with Gasteiger partial charge in [-0.1, -0.05) is 206 Å². The molecule has 3 aliphatic rings. The quantitative estimate of drug-likeness (QED) is 0.140. The Hall–Kier alpha value is -7.30. The average Bonchev–Trinajstić information content (AvgIpc) is 3.59. The van der Waals surface area contributed by atoms with Gasteiger partial charge in [-0.25, -0.2) is 0 Å². The van der Waals surface area contributed by atoms with E-state index in [-0.39, 0.29) is 33.8 Å². The van der Waals surface area contributed by atoms with Gasteiger partial charge in [-0.2, -0.15) is 0 Å². The molecule has 0 fully saturated rings. The molecule has 0 saturated carbocycles. The van der Waals surface area contributed by atoms with Crippen molar-refractivity contribution in [1.29, 1.82) is 0 Å². The number of rotatable bonds is 8. The topological polar surface area (TPSA) is 9.72 Å². The minimum absolute atomic E-state index is 0.000689. The molecule has 0 bridgehead atoms. The minimum atomic E-state index is -0.173. The number of fused-ring (bicyclic) bond motifs is 5. The summed E-state index contributed by atoms with van der Waals surface area (Å²) in [6.45, 7) is 48.9. The highest BCUT2D eigenvalue weighted by molar-refractivity contribution is 7.00. The van der Waals surface area contributed by atoms with Crippen LogP contribution in [-0.2, 0) is 27.1 Å². The van der Waals surface area contributed by atoms with Gasteiger partial charge in [-0.05, 0) is 199 Å². The second-order valence-corrected chi connectivity index (χ2v) is 28.1. The Balaban J connectivity index is 1.29. The van der Waals surface area contributed by atoms with E-state index >= 15 is 0 Å². The third-order valence-electron chi connectivity index (χ3n) is 18.4. The number of benzene rings is 8. The van der Waals surface area contributed by atoms with Crippen molar-refractivity contribution in [2.24, 2.45) is 0 Å². The first-order chi connectivity index (χ1) is 37.6. The standard InChI is InChI=1S/C76H84BN3/c1-20-51-30-37-63(68(58(51)21-2)52-28-23-22-24-29-52)78(56-33-31-53(32-34-56)72(7,8)9)57-35-36-61-64(44-57)79(70-47(3)26-25-27-48(70)4)66-42-55(74(13,14)15)43-67-69(66)77(61)62-45-59-60(76(18,19)39-38-75(59,16)17)46-65(62)80(67)71-49(5)40-54(41-50(71)6)73(10,11)12/h20-37,40-46H,1-2,38-39H2,3-19H3. The molecular weight excluding hydrogens is 966 g/mol. The Bertz CT molecular complexity index is 3770. The van der Waals surface area contributed by atoms with Crippen molar-refractivity contribution in [2.45, 2.75) is 158 Å². The zero-order valence-corrected chi connectivity index (χ0v) is 51.2. The van der Waals surface area contributed by atoms with Crippen LogP contribution in [0.25, 0.3) is 23.3 Å². The summed E-state index contributed by atoms with van der Waals surface area (Å²) in [5.74, 6) is 0. The van der Waals surface area contributed by atoms with Crippen LogP contribution in [0.1, 0.15) is 164 Å². The summed E-state index contributed by atoms with van der Waals surface area (Å²) in [6, 6.07) is 54.2. The van der Waals surface area contributed by atoms with Crippen LogP contribution in [0.15, 0.2) is 153 Å². The maximum atomic E-state index is 4.44. The van der Waals surface area contributed by atoms with E-state index in [2.05, 4.69) is 285 Å². The van der Waals surface area contributed by atoms with Gasteiger partial charge in [0.05, 0.1) is 17.1 Å². The zero-order valence-electron chi connectivity index (χ0n) is 51.2. The molecule has 0 atom stereocenters. The molecule has 0 unspecified atom stereocenters. The lowest BCUT2D eigenvalue weighted by atomic mass is 9.33. The molecule has 0 N–H and O–H groups in total. The highest BCUT2D eigenvalue weighted by Crippen LogP contribution is 2.54. The van der Waals surface area contributed by atoms with Crippen LogP contribution >= 0.6 is 0 Å². The molecule has 0 aromatic heterocycles.